The molecule has 2 aromatic carbocycles. The molecule has 3 aromatic heterocycles. The molecule has 0 bridgehead atoms. The summed E-state index contributed by atoms with van der Waals surface area (Å²) in [5.41, 5.74) is 2.46. The van der Waals surface area contributed by atoms with Gasteiger partial charge in [-0.3, -0.25) is 9.20 Å². The van der Waals surface area contributed by atoms with Crippen LogP contribution in [0.4, 0.5) is 0 Å². The molecule has 32 heavy (non-hydrogen) atoms. The molecular weight excluding hydrogens is 426 g/mol. The zero-order valence-corrected chi connectivity index (χ0v) is 18.0. The van der Waals surface area contributed by atoms with Gasteiger partial charge in [-0.1, -0.05) is 36.0 Å². The molecule has 3 heterocycles. The fraction of sp³-hybridized carbons (Fsp3) is 0.130. The summed E-state index contributed by atoms with van der Waals surface area (Å²) in [7, 11) is 1.62. The maximum Gasteiger partial charge on any atom is 0.230 e. The molecule has 0 saturated heterocycles. The highest BCUT2D eigenvalue weighted by Gasteiger charge is 2.18. The van der Waals surface area contributed by atoms with Crippen LogP contribution in [0.1, 0.15) is 5.56 Å². The number of nitrogens with one attached hydrogen (secondary N) is 1. The second-order valence-electron chi connectivity index (χ2n) is 6.98. The zero-order chi connectivity index (χ0) is 21.9. The maximum absolute atomic E-state index is 12.4. The molecule has 0 fully saturated rings. The molecule has 0 aliphatic heterocycles. The lowest BCUT2D eigenvalue weighted by atomic mass is 10.2. The van der Waals surface area contributed by atoms with Gasteiger partial charge in [0.05, 0.1) is 24.6 Å². The molecule has 5 rings (SSSR count). The van der Waals surface area contributed by atoms with Crippen molar-refractivity contribution in [3.63, 3.8) is 0 Å². The highest BCUT2D eigenvalue weighted by molar-refractivity contribution is 7.99. The van der Waals surface area contributed by atoms with E-state index in [1.165, 1.54) is 11.8 Å². The van der Waals surface area contributed by atoms with Gasteiger partial charge in [0.15, 0.2) is 22.4 Å². The van der Waals surface area contributed by atoms with Crippen LogP contribution in [0.5, 0.6) is 5.75 Å². The molecule has 0 aliphatic carbocycles. The van der Waals surface area contributed by atoms with Crippen LogP contribution in [-0.2, 0) is 11.3 Å². The highest BCUT2D eigenvalue weighted by Crippen LogP contribution is 2.29. The molecule has 0 aliphatic rings. The summed E-state index contributed by atoms with van der Waals surface area (Å²) in [4.78, 5) is 17.2. The number of para-hydroxylation sites is 1. The van der Waals surface area contributed by atoms with Crippen molar-refractivity contribution < 1.29 is 13.9 Å². The first kappa shape index (κ1) is 20.1. The first-order valence-electron chi connectivity index (χ1n) is 9.93. The van der Waals surface area contributed by atoms with Gasteiger partial charge in [0.1, 0.15) is 5.75 Å². The number of ether oxygens (including phenoxy) is 1. The average Bonchev–Trinajstić information content (AvgIpc) is 3.52. The van der Waals surface area contributed by atoms with E-state index in [0.717, 1.165) is 22.2 Å². The summed E-state index contributed by atoms with van der Waals surface area (Å²) in [6.07, 6.45) is 1.60. The fourth-order valence-corrected chi connectivity index (χ4v) is 4.11. The summed E-state index contributed by atoms with van der Waals surface area (Å²) in [6, 6.07) is 19.0. The molecule has 8 nitrogen and oxygen atoms in total. The van der Waals surface area contributed by atoms with Crippen LogP contribution < -0.4 is 10.1 Å². The molecule has 5 aromatic rings. The lowest BCUT2D eigenvalue weighted by molar-refractivity contribution is -0.118. The number of rotatable bonds is 7. The van der Waals surface area contributed by atoms with Gasteiger partial charge in [-0.25, -0.2) is 4.98 Å². The van der Waals surface area contributed by atoms with Gasteiger partial charge in [-0.2, -0.15) is 0 Å². The van der Waals surface area contributed by atoms with Gasteiger partial charge in [0, 0.05) is 11.9 Å². The van der Waals surface area contributed by atoms with E-state index in [9.17, 15) is 4.79 Å². The number of carbonyl (C=O) groups excluding carboxylic acids is 1. The van der Waals surface area contributed by atoms with Crippen molar-refractivity contribution in [3.05, 3.63) is 72.5 Å². The van der Waals surface area contributed by atoms with Crippen molar-refractivity contribution in [1.82, 2.24) is 24.9 Å². The molecule has 0 radical (unpaired) electrons. The van der Waals surface area contributed by atoms with E-state index in [1.54, 1.807) is 13.4 Å². The van der Waals surface area contributed by atoms with E-state index in [2.05, 4.69) is 15.5 Å². The summed E-state index contributed by atoms with van der Waals surface area (Å²) >= 11 is 1.30. The molecule has 0 spiro atoms. The number of methoxy groups -OCH3 is 1. The van der Waals surface area contributed by atoms with Gasteiger partial charge >= 0.3 is 0 Å². The average molecular weight is 446 g/mol. The number of fused-ring (bicyclic) bond motifs is 3. The van der Waals surface area contributed by atoms with Crippen molar-refractivity contribution in [2.24, 2.45) is 0 Å². The largest absolute Gasteiger partial charge is 0.497 e. The number of benzene rings is 2. The van der Waals surface area contributed by atoms with Gasteiger partial charge in [0.25, 0.3) is 0 Å². The van der Waals surface area contributed by atoms with Crippen molar-refractivity contribution in [3.8, 4) is 17.3 Å². The Morgan fingerprint density at radius 2 is 1.94 bits per heavy atom. The summed E-state index contributed by atoms with van der Waals surface area (Å²) in [5, 5.41) is 13.1. The van der Waals surface area contributed by atoms with E-state index in [0.29, 0.717) is 28.9 Å². The minimum absolute atomic E-state index is 0.101. The Labute approximate surface area is 187 Å². The van der Waals surface area contributed by atoms with Gasteiger partial charge < -0.3 is 14.5 Å². The standard InChI is InChI=1S/C23H19N5O3S/c1-30-16-10-8-15(9-11-16)13-24-20(29)14-32-23-27-26-21-17-5-2-3-6-18(17)25-22(28(21)23)19-7-4-12-31-19/h2-12H,13-14H2,1H3,(H,24,29). The predicted octanol–water partition coefficient (Wildman–Crippen LogP) is 3.95. The molecule has 0 unspecified atom stereocenters. The van der Waals surface area contributed by atoms with Gasteiger partial charge in [0.2, 0.25) is 5.91 Å². The maximum atomic E-state index is 12.4. The van der Waals surface area contributed by atoms with E-state index in [-0.39, 0.29) is 11.7 Å². The molecule has 1 amide bonds. The number of nitrogens with zero attached hydrogens (tertiary/aromatic N) is 4. The minimum Gasteiger partial charge on any atom is -0.497 e. The fourth-order valence-electron chi connectivity index (χ4n) is 3.35. The van der Waals surface area contributed by atoms with E-state index >= 15 is 0 Å². The van der Waals surface area contributed by atoms with Crippen LogP contribution >= 0.6 is 11.8 Å². The predicted molar refractivity (Wildman–Crippen MR) is 122 cm³/mol. The Balaban J connectivity index is 1.37. The van der Waals surface area contributed by atoms with Crippen LogP contribution in [0, 0.1) is 0 Å². The van der Waals surface area contributed by atoms with Gasteiger partial charge in [-0.05, 0) is 42.0 Å². The molecule has 160 valence electrons. The Morgan fingerprint density at radius 1 is 1.09 bits per heavy atom. The highest BCUT2D eigenvalue weighted by atomic mass is 32.2. The normalized spacial score (nSPS) is 11.2. The number of carbonyl (C=O) groups is 1. The number of furan rings is 1. The SMILES string of the molecule is COc1ccc(CNC(=O)CSc2nnc3c4ccccc4nc(-c4ccco4)n23)cc1. The zero-order valence-electron chi connectivity index (χ0n) is 17.2. The lowest BCUT2D eigenvalue weighted by Gasteiger charge is -2.08. The molecule has 0 saturated carbocycles. The number of hydrogen-bond donors (Lipinski definition) is 1. The second-order valence-corrected chi connectivity index (χ2v) is 7.93. The van der Waals surface area contributed by atoms with Crippen molar-refractivity contribution >= 4 is 34.2 Å². The van der Waals surface area contributed by atoms with Crippen molar-refractivity contribution in [2.75, 3.05) is 12.9 Å². The van der Waals surface area contributed by atoms with Crippen LogP contribution in [0.15, 0.2) is 76.5 Å². The molecule has 0 atom stereocenters. The summed E-state index contributed by atoms with van der Waals surface area (Å²) in [5.74, 6) is 2.07. The van der Waals surface area contributed by atoms with Crippen LogP contribution in [0.3, 0.4) is 0 Å². The third kappa shape index (κ3) is 3.90. The number of thioether (sulfide) groups is 1. The quantitative estimate of drug-likeness (QED) is 0.379. The van der Waals surface area contributed by atoms with Crippen LogP contribution in [0.2, 0.25) is 0 Å². The Morgan fingerprint density at radius 3 is 2.72 bits per heavy atom. The summed E-state index contributed by atoms with van der Waals surface area (Å²) in [6.45, 7) is 0.438. The third-order valence-corrected chi connectivity index (χ3v) is 5.87. The van der Waals surface area contributed by atoms with Crippen LogP contribution in [-0.4, -0.2) is 38.4 Å². The summed E-state index contributed by atoms with van der Waals surface area (Å²) < 4.78 is 12.6. The smallest absolute Gasteiger partial charge is 0.230 e. The Hall–Kier alpha value is -3.85. The Bertz CT molecular complexity index is 1380. The number of hydrogen-bond acceptors (Lipinski definition) is 7. The Kier molecular flexibility index (Phi) is 5.47. The molecular formula is C23H19N5O3S. The van der Waals surface area contributed by atoms with E-state index in [1.807, 2.05) is 65.1 Å². The molecule has 9 heteroatoms. The van der Waals surface area contributed by atoms with E-state index in [4.69, 9.17) is 14.1 Å². The molecule has 1 N–H and O–H groups in total. The second kappa shape index (κ2) is 8.72. The minimum atomic E-state index is -0.101. The van der Waals surface area contributed by atoms with E-state index < -0.39 is 0 Å². The van der Waals surface area contributed by atoms with Crippen molar-refractivity contribution in [2.45, 2.75) is 11.7 Å². The number of amides is 1. The number of aromatic nitrogens is 4. The van der Waals surface area contributed by atoms with Crippen LogP contribution in [0.25, 0.3) is 28.1 Å². The monoisotopic (exact) mass is 445 g/mol. The van der Waals surface area contributed by atoms with Crippen molar-refractivity contribution in [1.29, 1.82) is 0 Å². The first-order chi connectivity index (χ1) is 15.7. The first-order valence-corrected chi connectivity index (χ1v) is 10.9. The third-order valence-electron chi connectivity index (χ3n) is 4.94. The topological polar surface area (TPSA) is 94.5 Å². The van der Waals surface area contributed by atoms with Gasteiger partial charge in [-0.15, -0.1) is 10.2 Å². The lowest BCUT2D eigenvalue weighted by Crippen LogP contribution is -2.24.